The molecule has 1 saturated heterocycles. The van der Waals surface area contributed by atoms with E-state index in [1.807, 2.05) is 18.2 Å². The Bertz CT molecular complexity index is 755. The maximum atomic E-state index is 6.17. The van der Waals surface area contributed by atoms with E-state index in [0.717, 1.165) is 53.4 Å². The first-order valence-electron chi connectivity index (χ1n) is 10.1. The number of halogens is 1. The number of hydrogen-bond donors (Lipinski definition) is 1. The molecule has 1 aromatic heterocycles. The number of aryl methyl sites for hydroxylation is 1. The maximum absolute atomic E-state index is 6.17. The molecule has 0 bridgehead atoms. The smallest absolute Gasteiger partial charge is 0.173 e. The zero-order chi connectivity index (χ0) is 19.9. The number of anilines is 1. The van der Waals surface area contributed by atoms with Crippen LogP contribution >= 0.6 is 35.2 Å². The molecular formula is C22H30ClN3S2. The van der Waals surface area contributed by atoms with Crippen LogP contribution in [0.4, 0.5) is 5.69 Å². The number of thiophene rings is 1. The van der Waals surface area contributed by atoms with Gasteiger partial charge in [0.15, 0.2) is 5.11 Å². The van der Waals surface area contributed by atoms with E-state index >= 15 is 0 Å². The van der Waals surface area contributed by atoms with Gasteiger partial charge in [-0.3, -0.25) is 0 Å². The molecule has 0 saturated carbocycles. The quantitative estimate of drug-likeness (QED) is 0.535. The summed E-state index contributed by atoms with van der Waals surface area (Å²) in [6.45, 7) is 9.85. The van der Waals surface area contributed by atoms with Crippen molar-refractivity contribution in [3.05, 3.63) is 51.2 Å². The number of piperidine rings is 1. The van der Waals surface area contributed by atoms with Crippen molar-refractivity contribution >= 4 is 46.0 Å². The predicted octanol–water partition coefficient (Wildman–Crippen LogP) is 6.03. The summed E-state index contributed by atoms with van der Waals surface area (Å²) < 4.78 is 0. The number of thiocarbonyl (C=S) groups is 1. The topological polar surface area (TPSA) is 18.5 Å². The van der Waals surface area contributed by atoms with Crippen molar-refractivity contribution in [1.82, 2.24) is 9.80 Å². The minimum Gasteiger partial charge on any atom is -0.344 e. The maximum Gasteiger partial charge on any atom is 0.173 e. The molecule has 152 valence electrons. The Morgan fingerprint density at radius 1 is 1.32 bits per heavy atom. The molecule has 1 aliphatic rings. The van der Waals surface area contributed by atoms with Crippen molar-refractivity contribution in [2.45, 2.75) is 39.7 Å². The highest BCUT2D eigenvalue weighted by Crippen LogP contribution is 2.22. The Labute approximate surface area is 183 Å². The molecular weight excluding hydrogens is 406 g/mol. The molecule has 0 atom stereocenters. The Hall–Kier alpha value is -1.14. The second-order valence-corrected chi connectivity index (χ2v) is 9.62. The molecule has 0 aliphatic carbocycles. The minimum absolute atomic E-state index is 0.722. The normalized spacial score (nSPS) is 15.5. The van der Waals surface area contributed by atoms with E-state index < -0.39 is 0 Å². The van der Waals surface area contributed by atoms with E-state index in [1.54, 1.807) is 11.3 Å². The SMILES string of the molecule is Cc1ccc(Cl)cc1NC(=S)N(CCCN1CCC(C)CC1)Cc1cccs1. The first kappa shape index (κ1) is 21.6. The summed E-state index contributed by atoms with van der Waals surface area (Å²) in [4.78, 5) is 6.22. The van der Waals surface area contributed by atoms with Crippen molar-refractivity contribution in [3.8, 4) is 0 Å². The van der Waals surface area contributed by atoms with Crippen molar-refractivity contribution in [2.24, 2.45) is 5.92 Å². The van der Waals surface area contributed by atoms with E-state index in [9.17, 15) is 0 Å². The van der Waals surface area contributed by atoms with E-state index in [0.29, 0.717) is 0 Å². The standard InChI is InChI=1S/C22H30ClN3S2/c1-17-8-12-25(13-9-17)10-4-11-26(16-20-5-3-14-28-20)22(27)24-21-15-19(23)7-6-18(21)2/h3,5-7,14-15,17H,4,8-13,16H2,1-2H3,(H,24,27). The summed E-state index contributed by atoms with van der Waals surface area (Å²) in [7, 11) is 0. The zero-order valence-corrected chi connectivity index (χ0v) is 19.2. The van der Waals surface area contributed by atoms with Crippen LogP contribution in [0.1, 0.15) is 36.6 Å². The number of likely N-dealkylation sites (tertiary alicyclic amines) is 1. The molecule has 1 fully saturated rings. The molecule has 0 amide bonds. The average molecular weight is 436 g/mol. The largest absolute Gasteiger partial charge is 0.344 e. The third-order valence-electron chi connectivity index (χ3n) is 5.43. The average Bonchev–Trinajstić information content (AvgIpc) is 3.18. The Morgan fingerprint density at radius 3 is 2.82 bits per heavy atom. The molecule has 0 spiro atoms. The molecule has 3 rings (SSSR count). The van der Waals surface area contributed by atoms with Gasteiger partial charge >= 0.3 is 0 Å². The van der Waals surface area contributed by atoms with Gasteiger partial charge in [0.05, 0.1) is 6.54 Å². The summed E-state index contributed by atoms with van der Waals surface area (Å²) >= 11 is 13.7. The molecule has 1 aliphatic heterocycles. The van der Waals surface area contributed by atoms with Crippen molar-refractivity contribution in [2.75, 3.05) is 31.5 Å². The van der Waals surface area contributed by atoms with Crippen LogP contribution in [-0.4, -0.2) is 41.1 Å². The van der Waals surface area contributed by atoms with E-state index in [2.05, 4.69) is 46.5 Å². The predicted molar refractivity (Wildman–Crippen MR) is 127 cm³/mol. The molecule has 0 radical (unpaired) electrons. The molecule has 1 N–H and O–H groups in total. The van der Waals surface area contributed by atoms with Crippen LogP contribution in [0.15, 0.2) is 35.7 Å². The number of nitrogens with one attached hydrogen (secondary N) is 1. The van der Waals surface area contributed by atoms with Crippen molar-refractivity contribution < 1.29 is 0 Å². The van der Waals surface area contributed by atoms with Crippen LogP contribution in [0.25, 0.3) is 0 Å². The summed E-state index contributed by atoms with van der Waals surface area (Å²) in [5.41, 5.74) is 2.13. The van der Waals surface area contributed by atoms with Gasteiger partial charge in [0.1, 0.15) is 0 Å². The van der Waals surface area contributed by atoms with E-state index in [1.165, 1.54) is 30.8 Å². The molecule has 28 heavy (non-hydrogen) atoms. The van der Waals surface area contributed by atoms with Crippen LogP contribution in [-0.2, 0) is 6.54 Å². The lowest BCUT2D eigenvalue weighted by molar-refractivity contribution is 0.186. The van der Waals surface area contributed by atoms with Crippen LogP contribution in [0.2, 0.25) is 5.02 Å². The molecule has 2 aromatic rings. The van der Waals surface area contributed by atoms with Crippen LogP contribution < -0.4 is 5.32 Å². The Kier molecular flexibility index (Phi) is 8.15. The summed E-state index contributed by atoms with van der Waals surface area (Å²) in [6.07, 6.45) is 3.77. The van der Waals surface area contributed by atoms with Crippen LogP contribution in [0.5, 0.6) is 0 Å². The van der Waals surface area contributed by atoms with Gasteiger partial charge in [0.2, 0.25) is 0 Å². The highest BCUT2D eigenvalue weighted by Gasteiger charge is 2.17. The van der Waals surface area contributed by atoms with Gasteiger partial charge in [-0.1, -0.05) is 30.7 Å². The number of benzene rings is 1. The molecule has 1 aromatic carbocycles. The molecule has 6 heteroatoms. The second kappa shape index (κ2) is 10.6. The fourth-order valence-electron chi connectivity index (χ4n) is 3.54. The van der Waals surface area contributed by atoms with Crippen molar-refractivity contribution in [3.63, 3.8) is 0 Å². The summed E-state index contributed by atoms with van der Waals surface area (Å²) in [5.74, 6) is 0.879. The van der Waals surface area contributed by atoms with Crippen molar-refractivity contribution in [1.29, 1.82) is 0 Å². The summed E-state index contributed by atoms with van der Waals surface area (Å²) in [5, 5.41) is 7.04. The van der Waals surface area contributed by atoms with Crippen LogP contribution in [0.3, 0.4) is 0 Å². The number of nitrogens with zero attached hydrogens (tertiary/aromatic N) is 2. The fourth-order valence-corrected chi connectivity index (χ4v) is 4.69. The summed E-state index contributed by atoms with van der Waals surface area (Å²) in [6, 6.07) is 10.2. The third-order valence-corrected chi connectivity index (χ3v) is 6.89. The van der Waals surface area contributed by atoms with Crippen LogP contribution in [0, 0.1) is 12.8 Å². The lowest BCUT2D eigenvalue weighted by atomic mass is 9.99. The lowest BCUT2D eigenvalue weighted by Gasteiger charge is -2.31. The number of hydrogen-bond acceptors (Lipinski definition) is 3. The van der Waals surface area contributed by atoms with Gasteiger partial charge in [0, 0.05) is 22.1 Å². The van der Waals surface area contributed by atoms with Gasteiger partial charge in [-0.15, -0.1) is 11.3 Å². The second-order valence-electron chi connectivity index (χ2n) is 7.77. The third kappa shape index (κ3) is 6.45. The Morgan fingerprint density at radius 2 is 2.11 bits per heavy atom. The molecule has 2 heterocycles. The zero-order valence-electron chi connectivity index (χ0n) is 16.8. The number of rotatable bonds is 7. The van der Waals surface area contributed by atoms with E-state index in [-0.39, 0.29) is 0 Å². The molecule has 0 unspecified atom stereocenters. The monoisotopic (exact) mass is 435 g/mol. The van der Waals surface area contributed by atoms with Gasteiger partial charge in [0.25, 0.3) is 0 Å². The van der Waals surface area contributed by atoms with Gasteiger partial charge in [-0.2, -0.15) is 0 Å². The van der Waals surface area contributed by atoms with Gasteiger partial charge in [-0.05, 0) is 93.1 Å². The molecule has 3 nitrogen and oxygen atoms in total. The Balaban J connectivity index is 1.59. The first-order valence-corrected chi connectivity index (χ1v) is 11.7. The fraction of sp³-hybridized carbons (Fsp3) is 0.500. The minimum atomic E-state index is 0.722. The first-order chi connectivity index (χ1) is 13.5. The highest BCUT2D eigenvalue weighted by molar-refractivity contribution is 7.80. The lowest BCUT2D eigenvalue weighted by Crippen LogP contribution is -2.38. The van der Waals surface area contributed by atoms with E-state index in [4.69, 9.17) is 23.8 Å². The highest BCUT2D eigenvalue weighted by atomic mass is 35.5. The van der Waals surface area contributed by atoms with Gasteiger partial charge < -0.3 is 15.1 Å². The van der Waals surface area contributed by atoms with Gasteiger partial charge in [-0.25, -0.2) is 0 Å².